The predicted octanol–water partition coefficient (Wildman–Crippen LogP) is 2.21. The van der Waals surface area contributed by atoms with Gasteiger partial charge in [-0.25, -0.2) is 0 Å². The zero-order valence-electron chi connectivity index (χ0n) is 13.7. The smallest absolute Gasteiger partial charge is 0.241 e. The van der Waals surface area contributed by atoms with Crippen LogP contribution in [0, 0.1) is 0 Å². The lowest BCUT2D eigenvalue weighted by Crippen LogP contribution is -2.36. The van der Waals surface area contributed by atoms with Crippen LogP contribution in [0.15, 0.2) is 47.1 Å². The van der Waals surface area contributed by atoms with Crippen LogP contribution in [0.2, 0.25) is 0 Å². The highest BCUT2D eigenvalue weighted by molar-refractivity contribution is 5.85. The summed E-state index contributed by atoms with van der Waals surface area (Å²) in [6.07, 6.45) is 4.18. The van der Waals surface area contributed by atoms with Gasteiger partial charge in [0.1, 0.15) is 17.4 Å². The van der Waals surface area contributed by atoms with Gasteiger partial charge in [0.05, 0.1) is 6.20 Å². The molecule has 24 heavy (non-hydrogen) atoms. The number of hydrogen-bond donors (Lipinski definition) is 2. The molecule has 7 heteroatoms. The lowest BCUT2D eigenvalue weighted by Gasteiger charge is -2.14. The van der Waals surface area contributed by atoms with Crippen molar-refractivity contribution in [1.82, 2.24) is 20.4 Å². The van der Waals surface area contributed by atoms with E-state index >= 15 is 0 Å². The molecular weight excluding hydrogens is 328 g/mol. The van der Waals surface area contributed by atoms with E-state index in [9.17, 15) is 4.79 Å². The molecule has 6 nitrogen and oxygen atoms in total. The van der Waals surface area contributed by atoms with Crippen molar-refractivity contribution in [2.45, 2.75) is 12.5 Å². The van der Waals surface area contributed by atoms with Gasteiger partial charge in [-0.05, 0) is 19.2 Å². The molecule has 0 saturated carbocycles. The molecule has 0 aliphatic rings. The molecule has 0 saturated heterocycles. The van der Waals surface area contributed by atoms with Crippen molar-refractivity contribution in [1.29, 1.82) is 0 Å². The summed E-state index contributed by atoms with van der Waals surface area (Å²) in [6.45, 7) is 0.525. The highest BCUT2D eigenvalue weighted by atomic mass is 35.5. The summed E-state index contributed by atoms with van der Waals surface area (Å²) in [7, 11) is 3.59. The summed E-state index contributed by atoms with van der Waals surface area (Å²) in [6, 6.07) is 9.49. The highest BCUT2D eigenvalue weighted by Crippen LogP contribution is 2.19. The molecule has 128 valence electrons. The van der Waals surface area contributed by atoms with Gasteiger partial charge in [0, 0.05) is 37.2 Å². The Morgan fingerprint density at radius 3 is 2.83 bits per heavy atom. The topological polar surface area (TPSA) is 72.1 Å². The van der Waals surface area contributed by atoms with E-state index in [1.165, 1.54) is 0 Å². The van der Waals surface area contributed by atoms with E-state index in [0.29, 0.717) is 13.0 Å². The molecular formula is C17H21ClN4O2. The van der Waals surface area contributed by atoms with Crippen molar-refractivity contribution in [2.75, 3.05) is 13.6 Å². The summed E-state index contributed by atoms with van der Waals surface area (Å²) in [4.78, 5) is 12.3. The zero-order chi connectivity index (χ0) is 16.2. The molecule has 2 aromatic heterocycles. The Balaban J connectivity index is 0.00000208. The van der Waals surface area contributed by atoms with E-state index in [2.05, 4.69) is 15.7 Å². The number of benzene rings is 1. The fraction of sp³-hybridized carbons (Fsp3) is 0.294. The second kappa shape index (κ2) is 7.99. The number of aromatic nitrogens is 2. The molecule has 0 aliphatic carbocycles. The maximum Gasteiger partial charge on any atom is 0.241 e. The van der Waals surface area contributed by atoms with Crippen LogP contribution in [0.3, 0.4) is 0 Å². The number of likely N-dealkylation sites (N-methyl/N-ethyl adjacent to an activating group) is 1. The minimum absolute atomic E-state index is 0. The van der Waals surface area contributed by atoms with Gasteiger partial charge in [0.15, 0.2) is 0 Å². The van der Waals surface area contributed by atoms with Crippen LogP contribution in [0.4, 0.5) is 0 Å². The third-order valence-electron chi connectivity index (χ3n) is 3.76. The number of halogens is 1. The quantitative estimate of drug-likeness (QED) is 0.716. The number of carbonyl (C=O) groups excluding carboxylic acids is 1. The molecule has 3 aromatic rings. The third kappa shape index (κ3) is 3.96. The number of furan rings is 1. The van der Waals surface area contributed by atoms with Crippen LogP contribution in [-0.4, -0.2) is 29.3 Å². The van der Waals surface area contributed by atoms with Gasteiger partial charge in [0.2, 0.25) is 5.91 Å². The summed E-state index contributed by atoms with van der Waals surface area (Å²) in [5, 5.41) is 11.1. The Bertz CT molecular complexity index is 779. The van der Waals surface area contributed by atoms with Crippen molar-refractivity contribution in [3.8, 4) is 0 Å². The molecule has 1 unspecified atom stereocenters. The zero-order valence-corrected chi connectivity index (χ0v) is 14.5. The predicted molar refractivity (Wildman–Crippen MR) is 95.2 cm³/mol. The largest absolute Gasteiger partial charge is 0.461 e. The van der Waals surface area contributed by atoms with Gasteiger partial charge >= 0.3 is 0 Å². The first-order chi connectivity index (χ1) is 11.2. The number of carbonyl (C=O) groups is 1. The van der Waals surface area contributed by atoms with Crippen LogP contribution in [0.1, 0.15) is 17.4 Å². The molecule has 2 N–H and O–H groups in total. The first-order valence-electron chi connectivity index (χ1n) is 7.58. The van der Waals surface area contributed by atoms with Crippen molar-refractivity contribution < 1.29 is 9.21 Å². The van der Waals surface area contributed by atoms with E-state index in [-0.39, 0.29) is 18.3 Å². The van der Waals surface area contributed by atoms with E-state index in [1.54, 1.807) is 17.9 Å². The van der Waals surface area contributed by atoms with Gasteiger partial charge in [-0.2, -0.15) is 5.10 Å². The Labute approximate surface area is 146 Å². The normalized spacial score (nSPS) is 11.9. The molecule has 0 aliphatic heterocycles. The molecule has 1 amide bonds. The van der Waals surface area contributed by atoms with Gasteiger partial charge < -0.3 is 15.1 Å². The monoisotopic (exact) mass is 348 g/mol. The van der Waals surface area contributed by atoms with Crippen molar-refractivity contribution in [2.24, 2.45) is 7.05 Å². The molecule has 1 atom stereocenters. The third-order valence-corrected chi connectivity index (χ3v) is 3.76. The number of aryl methyl sites for hydroxylation is 1. The molecule has 1 aromatic carbocycles. The average Bonchev–Trinajstić information content (AvgIpc) is 3.14. The van der Waals surface area contributed by atoms with Gasteiger partial charge in [-0.15, -0.1) is 12.4 Å². The lowest BCUT2D eigenvalue weighted by molar-refractivity contribution is -0.123. The minimum atomic E-state index is -0.403. The second-order valence-corrected chi connectivity index (χ2v) is 5.46. The number of hydrogen-bond acceptors (Lipinski definition) is 4. The fourth-order valence-electron chi connectivity index (χ4n) is 2.61. The molecule has 0 radical (unpaired) electrons. The van der Waals surface area contributed by atoms with Crippen LogP contribution in [0.5, 0.6) is 0 Å². The molecule has 0 spiro atoms. The summed E-state index contributed by atoms with van der Waals surface area (Å²) >= 11 is 0. The Morgan fingerprint density at radius 1 is 1.38 bits per heavy atom. The van der Waals surface area contributed by atoms with Crippen LogP contribution >= 0.6 is 12.4 Å². The minimum Gasteiger partial charge on any atom is -0.461 e. The number of para-hydroxylation sites is 1. The lowest BCUT2D eigenvalue weighted by atomic mass is 10.1. The van der Waals surface area contributed by atoms with Gasteiger partial charge in [-0.1, -0.05) is 18.2 Å². The van der Waals surface area contributed by atoms with Crippen molar-refractivity contribution in [3.63, 3.8) is 0 Å². The van der Waals surface area contributed by atoms with E-state index in [1.807, 2.05) is 43.6 Å². The first kappa shape index (κ1) is 18.0. The average molecular weight is 349 g/mol. The number of rotatable bonds is 6. The van der Waals surface area contributed by atoms with E-state index < -0.39 is 6.04 Å². The van der Waals surface area contributed by atoms with Crippen molar-refractivity contribution >= 4 is 29.3 Å². The summed E-state index contributed by atoms with van der Waals surface area (Å²) < 4.78 is 7.43. The molecule has 2 heterocycles. The number of nitrogens with zero attached hydrogens (tertiary/aromatic N) is 2. The Hall–Kier alpha value is -2.31. The van der Waals surface area contributed by atoms with E-state index in [4.69, 9.17) is 4.42 Å². The molecule has 0 fully saturated rings. The van der Waals surface area contributed by atoms with Crippen LogP contribution in [-0.2, 0) is 18.3 Å². The second-order valence-electron chi connectivity index (χ2n) is 5.46. The van der Waals surface area contributed by atoms with Crippen molar-refractivity contribution in [3.05, 3.63) is 54.0 Å². The number of nitrogens with one attached hydrogen (secondary N) is 2. The van der Waals surface area contributed by atoms with Crippen LogP contribution in [0.25, 0.3) is 11.0 Å². The first-order valence-corrected chi connectivity index (χ1v) is 7.58. The maximum absolute atomic E-state index is 12.3. The Kier molecular flexibility index (Phi) is 6.00. The SMILES string of the molecule is CNC(C(=O)NCCc1cc2ccccc2o1)c1cnn(C)c1.Cl. The summed E-state index contributed by atoms with van der Waals surface area (Å²) in [5.74, 6) is 0.797. The van der Waals surface area contributed by atoms with Gasteiger partial charge in [0.25, 0.3) is 0 Å². The fourth-order valence-corrected chi connectivity index (χ4v) is 2.61. The maximum atomic E-state index is 12.3. The summed E-state index contributed by atoms with van der Waals surface area (Å²) in [5.41, 5.74) is 1.72. The standard InChI is InChI=1S/C17H20N4O2.ClH/c1-18-16(13-10-20-21(2)11-13)17(22)19-8-7-14-9-12-5-3-4-6-15(12)23-14;/h3-6,9-11,16,18H,7-8H2,1-2H3,(H,19,22);1H. The Morgan fingerprint density at radius 2 is 2.17 bits per heavy atom. The molecule has 0 bridgehead atoms. The number of amides is 1. The van der Waals surface area contributed by atoms with Gasteiger partial charge in [-0.3, -0.25) is 9.48 Å². The number of fused-ring (bicyclic) bond motifs is 1. The van der Waals surface area contributed by atoms with Crippen LogP contribution < -0.4 is 10.6 Å². The van der Waals surface area contributed by atoms with E-state index in [0.717, 1.165) is 22.3 Å². The molecule has 3 rings (SSSR count). The highest BCUT2D eigenvalue weighted by Gasteiger charge is 2.19.